The lowest BCUT2D eigenvalue weighted by molar-refractivity contribution is -0.139. The van der Waals surface area contributed by atoms with Crippen LogP contribution in [-0.2, 0) is 4.79 Å². The fourth-order valence-electron chi connectivity index (χ4n) is 3.15. The van der Waals surface area contributed by atoms with Crippen molar-refractivity contribution in [2.75, 3.05) is 11.5 Å². The smallest absolute Gasteiger partial charge is 0.321 e. The van der Waals surface area contributed by atoms with Crippen LogP contribution in [0.5, 0.6) is 0 Å². The summed E-state index contributed by atoms with van der Waals surface area (Å²) in [5, 5.41) is 18.1. The summed E-state index contributed by atoms with van der Waals surface area (Å²) in [5.74, 6) is -2.27. The summed E-state index contributed by atoms with van der Waals surface area (Å²) < 4.78 is 0. The molecule has 0 saturated carbocycles. The van der Waals surface area contributed by atoms with E-state index < -0.39 is 17.9 Å². The number of hydrogen-bond donors (Lipinski definition) is 4. The van der Waals surface area contributed by atoms with Gasteiger partial charge in [0.15, 0.2) is 5.78 Å². The number of benzene rings is 2. The second kappa shape index (κ2) is 8.33. The molecular formula is C20H21N5O3. The Morgan fingerprint density at radius 3 is 2.36 bits per heavy atom. The van der Waals surface area contributed by atoms with E-state index in [1.165, 1.54) is 6.21 Å². The molecule has 2 unspecified atom stereocenters. The maximum Gasteiger partial charge on any atom is 0.321 e. The van der Waals surface area contributed by atoms with E-state index >= 15 is 0 Å². The predicted octanol–water partition coefficient (Wildman–Crippen LogP) is 1.81. The third kappa shape index (κ3) is 3.70. The van der Waals surface area contributed by atoms with Crippen LogP contribution < -0.4 is 17.2 Å². The number of carboxylic acids is 1. The van der Waals surface area contributed by atoms with Crippen molar-refractivity contribution in [1.82, 2.24) is 0 Å². The number of nitrogens with two attached hydrogens (primary N) is 3. The second-order valence-electron chi connectivity index (χ2n) is 6.36. The van der Waals surface area contributed by atoms with Crippen LogP contribution in [0.4, 0.5) is 11.4 Å². The fourth-order valence-corrected chi connectivity index (χ4v) is 3.15. The van der Waals surface area contributed by atoms with Gasteiger partial charge in [-0.3, -0.25) is 9.59 Å². The van der Waals surface area contributed by atoms with Crippen molar-refractivity contribution in [2.45, 2.75) is 25.8 Å². The van der Waals surface area contributed by atoms with Gasteiger partial charge in [0.2, 0.25) is 6.19 Å². The Hall–Kier alpha value is -3.70. The summed E-state index contributed by atoms with van der Waals surface area (Å²) >= 11 is 0. The van der Waals surface area contributed by atoms with Gasteiger partial charge in [0.25, 0.3) is 0 Å². The normalized spacial score (nSPS) is 13.1. The summed E-state index contributed by atoms with van der Waals surface area (Å²) in [6.45, 7) is 3.27. The molecule has 0 aromatic heterocycles. The standard InChI is InChI=1S/C20H21N5O3/c1-10-14(11(2)17(23)20(27)28)13(8-25-9-21)18(24)15(16(10)22)19(26)12-6-4-3-5-7-12/h3-8,11,17H,22-24H2,1-2H3,(H,27,28). The van der Waals surface area contributed by atoms with E-state index in [0.29, 0.717) is 16.7 Å². The van der Waals surface area contributed by atoms with Crippen LogP contribution in [0.2, 0.25) is 0 Å². The molecule has 0 spiro atoms. The molecule has 0 aliphatic rings. The van der Waals surface area contributed by atoms with Crippen LogP contribution in [0.1, 0.15) is 45.5 Å². The molecular weight excluding hydrogens is 358 g/mol. The van der Waals surface area contributed by atoms with Crippen LogP contribution in [0.15, 0.2) is 35.3 Å². The van der Waals surface area contributed by atoms with Gasteiger partial charge < -0.3 is 22.3 Å². The molecule has 7 N–H and O–H groups in total. The molecule has 28 heavy (non-hydrogen) atoms. The van der Waals surface area contributed by atoms with Crippen LogP contribution in [-0.4, -0.2) is 29.1 Å². The van der Waals surface area contributed by atoms with Crippen LogP contribution >= 0.6 is 0 Å². The van der Waals surface area contributed by atoms with Crippen LogP contribution in [0, 0.1) is 18.4 Å². The zero-order valence-electron chi connectivity index (χ0n) is 15.5. The van der Waals surface area contributed by atoms with E-state index in [1.54, 1.807) is 50.4 Å². The average molecular weight is 379 g/mol. The molecule has 0 amide bonds. The summed E-state index contributed by atoms with van der Waals surface area (Å²) in [6, 6.07) is 7.24. The number of carboxylic acid groups (broad SMARTS) is 1. The molecule has 2 atom stereocenters. The largest absolute Gasteiger partial charge is 0.480 e. The van der Waals surface area contributed by atoms with Gasteiger partial charge in [-0.15, -0.1) is 0 Å². The topological polar surface area (TPSA) is 169 Å². The molecule has 144 valence electrons. The minimum absolute atomic E-state index is 0.0235. The Labute approximate surface area is 162 Å². The second-order valence-corrected chi connectivity index (χ2v) is 6.36. The van der Waals surface area contributed by atoms with Crippen molar-refractivity contribution < 1.29 is 14.7 Å². The number of ketones is 1. The first kappa shape index (κ1) is 20.6. The van der Waals surface area contributed by atoms with Gasteiger partial charge in [0.1, 0.15) is 6.04 Å². The number of anilines is 2. The molecule has 8 nitrogen and oxygen atoms in total. The molecule has 0 saturated heterocycles. The molecule has 0 bridgehead atoms. The number of carbonyl (C=O) groups is 2. The van der Waals surface area contributed by atoms with Gasteiger partial charge in [-0.1, -0.05) is 37.3 Å². The summed E-state index contributed by atoms with van der Waals surface area (Å²) in [5.41, 5.74) is 20.1. The average Bonchev–Trinajstić information content (AvgIpc) is 2.69. The van der Waals surface area contributed by atoms with E-state index in [4.69, 9.17) is 22.5 Å². The predicted molar refractivity (Wildman–Crippen MR) is 107 cm³/mol. The number of rotatable bonds is 6. The van der Waals surface area contributed by atoms with Crippen molar-refractivity contribution in [2.24, 2.45) is 10.7 Å². The van der Waals surface area contributed by atoms with Gasteiger partial charge in [0, 0.05) is 28.9 Å². The minimum atomic E-state index is -1.23. The maximum atomic E-state index is 13.0. The van der Waals surface area contributed by atoms with E-state index in [1.807, 2.05) is 0 Å². The molecule has 0 fully saturated rings. The Kier molecular flexibility index (Phi) is 6.13. The highest BCUT2D eigenvalue weighted by atomic mass is 16.4. The third-order valence-corrected chi connectivity index (χ3v) is 4.72. The summed E-state index contributed by atoms with van der Waals surface area (Å²) in [7, 11) is 0. The monoisotopic (exact) mass is 379 g/mol. The van der Waals surface area contributed by atoms with Gasteiger partial charge >= 0.3 is 5.97 Å². The highest BCUT2D eigenvalue weighted by molar-refractivity contribution is 6.18. The van der Waals surface area contributed by atoms with Crippen molar-refractivity contribution in [3.05, 3.63) is 58.1 Å². The third-order valence-electron chi connectivity index (χ3n) is 4.72. The number of carbonyl (C=O) groups excluding carboxylic acids is 1. The highest BCUT2D eigenvalue weighted by Crippen LogP contribution is 2.37. The number of hydrogen-bond acceptors (Lipinski definition) is 7. The number of nitrogen functional groups attached to an aromatic ring is 2. The van der Waals surface area contributed by atoms with E-state index in [9.17, 15) is 14.7 Å². The summed E-state index contributed by atoms with van der Waals surface area (Å²) in [4.78, 5) is 27.9. The lowest BCUT2D eigenvalue weighted by atomic mass is 9.82. The van der Waals surface area contributed by atoms with E-state index in [2.05, 4.69) is 4.99 Å². The number of aliphatic imine (C=N–C) groups is 1. The number of aliphatic carboxylic acids is 1. The first-order valence-corrected chi connectivity index (χ1v) is 8.44. The lowest BCUT2D eigenvalue weighted by Gasteiger charge is -2.25. The molecule has 2 aromatic carbocycles. The Balaban J connectivity index is 2.80. The molecule has 0 aliphatic heterocycles. The van der Waals surface area contributed by atoms with Crippen LogP contribution in [0.25, 0.3) is 0 Å². The van der Waals surface area contributed by atoms with Crippen LogP contribution in [0.3, 0.4) is 0 Å². The number of nitrogens with zero attached hydrogens (tertiary/aromatic N) is 2. The van der Waals surface area contributed by atoms with Gasteiger partial charge in [-0.25, -0.2) is 0 Å². The highest BCUT2D eigenvalue weighted by Gasteiger charge is 2.30. The summed E-state index contributed by atoms with van der Waals surface area (Å²) in [6.07, 6.45) is 2.82. The molecule has 2 aromatic rings. The van der Waals surface area contributed by atoms with Gasteiger partial charge in [-0.2, -0.15) is 10.3 Å². The molecule has 0 heterocycles. The lowest BCUT2D eigenvalue weighted by Crippen LogP contribution is -2.36. The Morgan fingerprint density at radius 2 is 1.82 bits per heavy atom. The fraction of sp³-hybridized carbons (Fsp3) is 0.200. The number of nitriles is 1. The minimum Gasteiger partial charge on any atom is -0.480 e. The maximum absolute atomic E-state index is 13.0. The Bertz CT molecular complexity index is 993. The van der Waals surface area contributed by atoms with Gasteiger partial charge in [0.05, 0.1) is 11.3 Å². The SMILES string of the molecule is Cc1c(N)c(C(=O)c2ccccc2)c(N)c(C=NC#N)c1C(C)C(N)C(=O)O. The quantitative estimate of drug-likeness (QED) is 0.257. The molecule has 0 radical (unpaired) electrons. The molecule has 2 rings (SSSR count). The van der Waals surface area contributed by atoms with E-state index in [-0.39, 0.29) is 28.3 Å². The van der Waals surface area contributed by atoms with Crippen molar-refractivity contribution in [1.29, 1.82) is 5.26 Å². The molecule has 8 heteroatoms. The molecule has 0 aliphatic carbocycles. The first-order chi connectivity index (χ1) is 13.2. The van der Waals surface area contributed by atoms with E-state index in [0.717, 1.165) is 0 Å². The zero-order valence-corrected chi connectivity index (χ0v) is 15.5. The van der Waals surface area contributed by atoms with Crippen molar-refractivity contribution >= 4 is 29.3 Å². The van der Waals surface area contributed by atoms with Crippen molar-refractivity contribution in [3.63, 3.8) is 0 Å². The van der Waals surface area contributed by atoms with Gasteiger partial charge in [-0.05, 0) is 18.1 Å². The van der Waals surface area contributed by atoms with Crippen molar-refractivity contribution in [3.8, 4) is 6.19 Å². The first-order valence-electron chi connectivity index (χ1n) is 8.44. The zero-order chi connectivity index (χ0) is 21.0. The Morgan fingerprint density at radius 1 is 1.21 bits per heavy atom.